The molecule has 0 spiro atoms. The molecule has 1 unspecified atom stereocenters. The van der Waals surface area contributed by atoms with Crippen LogP contribution in [0.3, 0.4) is 0 Å². The van der Waals surface area contributed by atoms with Gasteiger partial charge in [-0.3, -0.25) is 4.79 Å². The Bertz CT molecular complexity index is 893. The van der Waals surface area contributed by atoms with Crippen LogP contribution in [0.2, 0.25) is 0 Å². The largest absolute Gasteiger partial charge is 0.361 e. The van der Waals surface area contributed by atoms with Gasteiger partial charge in [0.2, 0.25) is 5.91 Å². The van der Waals surface area contributed by atoms with Gasteiger partial charge in [-0.15, -0.1) is 0 Å². The molecule has 4 rings (SSSR count). The minimum atomic E-state index is 0.0397. The molecule has 1 amide bonds. The van der Waals surface area contributed by atoms with Crippen molar-refractivity contribution in [3.8, 4) is 0 Å². The van der Waals surface area contributed by atoms with E-state index in [9.17, 15) is 4.79 Å². The van der Waals surface area contributed by atoms with Gasteiger partial charge in [-0.1, -0.05) is 23.4 Å². The van der Waals surface area contributed by atoms with Crippen LogP contribution in [-0.2, 0) is 11.3 Å². The third-order valence-corrected chi connectivity index (χ3v) is 4.85. The average molecular weight is 323 g/mol. The van der Waals surface area contributed by atoms with Crippen LogP contribution in [0, 0.1) is 13.8 Å². The molecule has 3 aromatic rings. The minimum absolute atomic E-state index is 0.0397. The van der Waals surface area contributed by atoms with E-state index >= 15 is 0 Å². The van der Waals surface area contributed by atoms with Crippen LogP contribution in [0.25, 0.3) is 10.9 Å². The topological polar surface area (TPSA) is 51.3 Å². The molecule has 1 saturated heterocycles. The number of benzene rings is 1. The van der Waals surface area contributed by atoms with E-state index < -0.39 is 0 Å². The molecule has 3 heterocycles. The molecule has 5 heteroatoms. The number of hydrogen-bond acceptors (Lipinski definition) is 3. The maximum Gasteiger partial charge on any atom is 0.243 e. The highest BCUT2D eigenvalue weighted by molar-refractivity contribution is 5.86. The van der Waals surface area contributed by atoms with Crippen molar-refractivity contribution in [1.29, 1.82) is 0 Å². The first-order valence-electron chi connectivity index (χ1n) is 8.40. The third-order valence-electron chi connectivity index (χ3n) is 4.85. The molecule has 0 saturated carbocycles. The summed E-state index contributed by atoms with van der Waals surface area (Å²) in [4.78, 5) is 14.9. The highest BCUT2D eigenvalue weighted by Crippen LogP contribution is 2.32. The fourth-order valence-corrected chi connectivity index (χ4v) is 3.71. The summed E-state index contributed by atoms with van der Waals surface area (Å²) in [5.41, 5.74) is 3.17. The maximum absolute atomic E-state index is 12.9. The fourth-order valence-electron chi connectivity index (χ4n) is 3.71. The fraction of sp³-hybridized carbons (Fsp3) is 0.368. The molecule has 124 valence electrons. The maximum atomic E-state index is 12.9. The Morgan fingerprint density at radius 3 is 2.96 bits per heavy atom. The van der Waals surface area contributed by atoms with Gasteiger partial charge < -0.3 is 14.0 Å². The summed E-state index contributed by atoms with van der Waals surface area (Å²) in [6, 6.07) is 10.2. The lowest BCUT2D eigenvalue weighted by atomic mass is 10.1. The minimum Gasteiger partial charge on any atom is -0.361 e. The van der Waals surface area contributed by atoms with Crippen molar-refractivity contribution in [2.75, 3.05) is 6.54 Å². The molecule has 1 fully saturated rings. The monoisotopic (exact) mass is 323 g/mol. The smallest absolute Gasteiger partial charge is 0.243 e. The number of aryl methyl sites for hydroxylation is 2. The van der Waals surface area contributed by atoms with Crippen LogP contribution in [-0.4, -0.2) is 27.1 Å². The van der Waals surface area contributed by atoms with Crippen molar-refractivity contribution in [2.24, 2.45) is 0 Å². The molecule has 1 aromatic carbocycles. The number of fused-ring (bicyclic) bond motifs is 1. The lowest BCUT2D eigenvalue weighted by molar-refractivity contribution is -0.132. The number of rotatable bonds is 3. The number of likely N-dealkylation sites (tertiary alicyclic amines) is 1. The van der Waals surface area contributed by atoms with Gasteiger partial charge in [-0.2, -0.15) is 0 Å². The Labute approximate surface area is 140 Å². The first-order chi connectivity index (χ1) is 11.6. The molecule has 5 nitrogen and oxygen atoms in total. The number of aromatic nitrogens is 2. The van der Waals surface area contributed by atoms with Gasteiger partial charge in [0, 0.05) is 29.7 Å². The van der Waals surface area contributed by atoms with Gasteiger partial charge in [-0.05, 0) is 38.3 Å². The molecule has 24 heavy (non-hydrogen) atoms. The molecule has 0 bridgehead atoms. The van der Waals surface area contributed by atoms with E-state index in [1.165, 1.54) is 10.9 Å². The Morgan fingerprint density at radius 1 is 1.33 bits per heavy atom. The van der Waals surface area contributed by atoms with Crippen LogP contribution in [0.1, 0.15) is 35.9 Å². The number of carbonyl (C=O) groups excluding carboxylic acids is 1. The molecule has 0 radical (unpaired) electrons. The first kappa shape index (κ1) is 15.0. The van der Waals surface area contributed by atoms with E-state index in [2.05, 4.69) is 35.0 Å². The Hall–Kier alpha value is -2.56. The highest BCUT2D eigenvalue weighted by Gasteiger charge is 2.32. The first-order valence-corrected chi connectivity index (χ1v) is 8.40. The van der Waals surface area contributed by atoms with Crippen molar-refractivity contribution in [2.45, 2.75) is 39.3 Å². The normalized spacial score (nSPS) is 17.8. The van der Waals surface area contributed by atoms with Crippen LogP contribution in [0.5, 0.6) is 0 Å². The van der Waals surface area contributed by atoms with Crippen molar-refractivity contribution < 1.29 is 9.32 Å². The SMILES string of the molecule is Cc1cc(C2CCCN2C(=O)Cn2cc(C)c3ccccc32)no1. The molecule has 1 aliphatic heterocycles. The average Bonchev–Trinajstić information content (AvgIpc) is 3.28. The molecule has 2 aromatic heterocycles. The summed E-state index contributed by atoms with van der Waals surface area (Å²) >= 11 is 0. The standard InChI is InChI=1S/C19H21N3O2/c1-13-11-21(17-7-4-3-6-15(13)17)12-19(23)22-9-5-8-18(22)16-10-14(2)24-20-16/h3-4,6-7,10-11,18H,5,8-9,12H2,1-2H3. The summed E-state index contributed by atoms with van der Waals surface area (Å²) < 4.78 is 7.24. The number of carbonyl (C=O) groups is 1. The number of para-hydroxylation sites is 1. The van der Waals surface area contributed by atoms with Crippen molar-refractivity contribution in [1.82, 2.24) is 14.6 Å². The van der Waals surface area contributed by atoms with Crippen LogP contribution in [0.15, 0.2) is 41.1 Å². The van der Waals surface area contributed by atoms with Crippen molar-refractivity contribution in [3.05, 3.63) is 53.5 Å². The van der Waals surface area contributed by atoms with E-state index in [1.54, 1.807) is 0 Å². The van der Waals surface area contributed by atoms with Gasteiger partial charge in [0.05, 0.1) is 6.04 Å². The lowest BCUT2D eigenvalue weighted by Gasteiger charge is -2.23. The predicted molar refractivity (Wildman–Crippen MR) is 91.6 cm³/mol. The van der Waals surface area contributed by atoms with Gasteiger partial charge in [0.25, 0.3) is 0 Å². The van der Waals surface area contributed by atoms with Gasteiger partial charge in [0.15, 0.2) is 0 Å². The molecular weight excluding hydrogens is 302 g/mol. The quantitative estimate of drug-likeness (QED) is 0.740. The summed E-state index contributed by atoms with van der Waals surface area (Å²) in [5.74, 6) is 0.926. The van der Waals surface area contributed by atoms with E-state index in [4.69, 9.17) is 4.52 Å². The second-order valence-corrected chi connectivity index (χ2v) is 6.56. The Balaban J connectivity index is 1.59. The Kier molecular flexibility index (Phi) is 3.63. The zero-order chi connectivity index (χ0) is 16.7. The lowest BCUT2D eigenvalue weighted by Crippen LogP contribution is -2.33. The van der Waals surface area contributed by atoms with E-state index in [0.29, 0.717) is 6.54 Å². The molecule has 0 aliphatic carbocycles. The molecular formula is C19H21N3O2. The Morgan fingerprint density at radius 2 is 2.17 bits per heavy atom. The van der Waals surface area contributed by atoms with E-state index in [-0.39, 0.29) is 11.9 Å². The summed E-state index contributed by atoms with van der Waals surface area (Å²) in [6.07, 6.45) is 4.02. The molecule has 1 atom stereocenters. The zero-order valence-corrected chi connectivity index (χ0v) is 14.0. The number of nitrogens with zero attached hydrogens (tertiary/aromatic N) is 3. The predicted octanol–water partition coefficient (Wildman–Crippen LogP) is 3.61. The number of amides is 1. The van der Waals surface area contributed by atoms with E-state index in [0.717, 1.165) is 36.4 Å². The van der Waals surface area contributed by atoms with Crippen LogP contribution < -0.4 is 0 Å². The molecule has 1 aliphatic rings. The van der Waals surface area contributed by atoms with Gasteiger partial charge >= 0.3 is 0 Å². The van der Waals surface area contributed by atoms with Crippen molar-refractivity contribution in [3.63, 3.8) is 0 Å². The number of hydrogen-bond donors (Lipinski definition) is 0. The summed E-state index contributed by atoms with van der Waals surface area (Å²) in [6.45, 7) is 5.11. The third kappa shape index (κ3) is 2.50. The summed E-state index contributed by atoms with van der Waals surface area (Å²) in [7, 11) is 0. The van der Waals surface area contributed by atoms with Crippen LogP contribution >= 0.6 is 0 Å². The molecule has 0 N–H and O–H groups in total. The summed E-state index contributed by atoms with van der Waals surface area (Å²) in [5, 5.41) is 5.32. The highest BCUT2D eigenvalue weighted by atomic mass is 16.5. The van der Waals surface area contributed by atoms with Crippen molar-refractivity contribution >= 4 is 16.8 Å². The van der Waals surface area contributed by atoms with Gasteiger partial charge in [-0.25, -0.2) is 0 Å². The van der Waals surface area contributed by atoms with Crippen LogP contribution in [0.4, 0.5) is 0 Å². The van der Waals surface area contributed by atoms with E-state index in [1.807, 2.05) is 30.0 Å². The van der Waals surface area contributed by atoms with Gasteiger partial charge in [0.1, 0.15) is 18.0 Å². The second-order valence-electron chi connectivity index (χ2n) is 6.56. The second kappa shape index (κ2) is 5.82. The zero-order valence-electron chi connectivity index (χ0n) is 14.0.